The van der Waals surface area contributed by atoms with Crippen LogP contribution in [0.4, 0.5) is 24.7 Å². The summed E-state index contributed by atoms with van der Waals surface area (Å²) >= 11 is 0. The summed E-state index contributed by atoms with van der Waals surface area (Å²) in [7, 11) is 2.00. The number of benzene rings is 1. The molecule has 0 radical (unpaired) electrons. The molecular formula is C25H24F3N7O2. The highest BCUT2D eigenvalue weighted by molar-refractivity contribution is 6.04. The monoisotopic (exact) mass is 511 g/mol. The quantitative estimate of drug-likeness (QED) is 0.504. The van der Waals surface area contributed by atoms with Crippen molar-refractivity contribution in [3.05, 3.63) is 71.2 Å². The van der Waals surface area contributed by atoms with E-state index in [0.29, 0.717) is 23.4 Å². The maximum Gasteiger partial charge on any atom is 0.573 e. The van der Waals surface area contributed by atoms with Crippen LogP contribution in [0.15, 0.2) is 48.8 Å². The molecule has 0 bridgehead atoms. The molecule has 0 unspecified atom stereocenters. The molecule has 1 amide bonds. The lowest BCUT2D eigenvalue weighted by Crippen LogP contribution is -2.43. The SMILES string of the molecule is CN1CCN(Cc2ccc(NC(=O)c3cncc(C#Cc4ccc(N)nn4)c3)cc2OC(F)(F)F)CC1. The maximum atomic E-state index is 13.1. The minimum Gasteiger partial charge on any atom is -0.405 e. The molecule has 1 fully saturated rings. The zero-order valence-electron chi connectivity index (χ0n) is 19.9. The average molecular weight is 512 g/mol. The number of nitrogen functional groups attached to an aromatic ring is 1. The number of likely N-dealkylation sites (N-methyl/N-ethyl adjacent to an activating group) is 1. The third-order valence-corrected chi connectivity index (χ3v) is 5.56. The fourth-order valence-corrected chi connectivity index (χ4v) is 3.61. The number of rotatable bonds is 5. The number of nitrogens with two attached hydrogens (primary N) is 1. The van der Waals surface area contributed by atoms with Gasteiger partial charge in [-0.1, -0.05) is 12.0 Å². The third kappa shape index (κ3) is 7.63. The molecule has 37 heavy (non-hydrogen) atoms. The highest BCUT2D eigenvalue weighted by Gasteiger charge is 2.32. The van der Waals surface area contributed by atoms with Crippen LogP contribution in [0.25, 0.3) is 0 Å². The van der Waals surface area contributed by atoms with Crippen molar-refractivity contribution in [2.45, 2.75) is 12.9 Å². The second kappa shape index (κ2) is 11.2. The Labute approximate surface area is 211 Å². The van der Waals surface area contributed by atoms with Gasteiger partial charge in [0.25, 0.3) is 5.91 Å². The summed E-state index contributed by atoms with van der Waals surface area (Å²) in [6, 6.07) is 8.93. The topological polar surface area (TPSA) is 110 Å². The molecule has 4 rings (SSSR count). The van der Waals surface area contributed by atoms with E-state index in [1.54, 1.807) is 18.2 Å². The number of aromatic nitrogens is 3. The van der Waals surface area contributed by atoms with Crippen molar-refractivity contribution in [1.82, 2.24) is 25.0 Å². The molecule has 1 aliphatic heterocycles. The molecule has 3 aromatic rings. The molecule has 1 saturated heterocycles. The van der Waals surface area contributed by atoms with Crippen LogP contribution in [0.5, 0.6) is 5.75 Å². The number of hydrogen-bond donors (Lipinski definition) is 2. The molecule has 12 heteroatoms. The number of nitrogens with one attached hydrogen (secondary N) is 1. The van der Waals surface area contributed by atoms with Crippen LogP contribution in [0, 0.1) is 11.8 Å². The van der Waals surface area contributed by atoms with E-state index < -0.39 is 12.3 Å². The molecule has 0 atom stereocenters. The van der Waals surface area contributed by atoms with Crippen LogP contribution >= 0.6 is 0 Å². The van der Waals surface area contributed by atoms with E-state index in [4.69, 9.17) is 5.73 Å². The number of anilines is 2. The van der Waals surface area contributed by atoms with Crippen molar-refractivity contribution < 1.29 is 22.7 Å². The summed E-state index contributed by atoms with van der Waals surface area (Å²) < 4.78 is 43.6. The molecule has 192 valence electrons. The van der Waals surface area contributed by atoms with E-state index >= 15 is 0 Å². The number of carbonyl (C=O) groups excluding carboxylic acids is 1. The van der Waals surface area contributed by atoms with E-state index in [1.165, 1.54) is 30.6 Å². The number of halogens is 3. The van der Waals surface area contributed by atoms with E-state index in [9.17, 15) is 18.0 Å². The van der Waals surface area contributed by atoms with Gasteiger partial charge in [0.1, 0.15) is 17.3 Å². The molecule has 1 aromatic carbocycles. The number of hydrogen-bond acceptors (Lipinski definition) is 8. The number of amides is 1. The van der Waals surface area contributed by atoms with Gasteiger partial charge in [-0.15, -0.1) is 23.4 Å². The number of ether oxygens (including phenoxy) is 1. The van der Waals surface area contributed by atoms with E-state index in [1.807, 2.05) is 7.05 Å². The Bertz CT molecular complexity index is 1310. The molecule has 1 aliphatic rings. The lowest BCUT2D eigenvalue weighted by atomic mass is 10.1. The van der Waals surface area contributed by atoms with Gasteiger partial charge in [0.2, 0.25) is 0 Å². The lowest BCUT2D eigenvalue weighted by Gasteiger charge is -2.32. The lowest BCUT2D eigenvalue weighted by molar-refractivity contribution is -0.275. The van der Waals surface area contributed by atoms with Crippen molar-refractivity contribution >= 4 is 17.4 Å². The van der Waals surface area contributed by atoms with Crippen LogP contribution < -0.4 is 15.8 Å². The van der Waals surface area contributed by atoms with Crippen molar-refractivity contribution in [3.63, 3.8) is 0 Å². The first-order valence-electron chi connectivity index (χ1n) is 11.3. The van der Waals surface area contributed by atoms with Gasteiger partial charge in [0.15, 0.2) is 0 Å². The second-order valence-corrected chi connectivity index (χ2v) is 8.46. The number of pyridine rings is 1. The second-order valence-electron chi connectivity index (χ2n) is 8.46. The minimum absolute atomic E-state index is 0.153. The summed E-state index contributed by atoms with van der Waals surface area (Å²) in [6.45, 7) is 3.43. The highest BCUT2D eigenvalue weighted by atomic mass is 19.4. The number of piperazine rings is 1. The van der Waals surface area contributed by atoms with Crippen LogP contribution in [-0.4, -0.2) is 70.5 Å². The normalized spacial score (nSPS) is 14.5. The Morgan fingerprint density at radius 3 is 2.57 bits per heavy atom. The molecule has 0 aliphatic carbocycles. The van der Waals surface area contributed by atoms with Crippen molar-refractivity contribution in [2.75, 3.05) is 44.3 Å². The summed E-state index contributed by atoms with van der Waals surface area (Å²) in [5.74, 6) is 4.98. The number of carbonyl (C=O) groups is 1. The average Bonchev–Trinajstić information content (AvgIpc) is 2.86. The van der Waals surface area contributed by atoms with Crippen LogP contribution in [0.3, 0.4) is 0 Å². The predicted octanol–water partition coefficient (Wildman–Crippen LogP) is 2.75. The van der Waals surface area contributed by atoms with Gasteiger partial charge in [-0.2, -0.15) is 0 Å². The number of nitrogens with zero attached hydrogens (tertiary/aromatic N) is 5. The van der Waals surface area contributed by atoms with Crippen molar-refractivity contribution in [2.24, 2.45) is 0 Å². The Balaban J connectivity index is 1.49. The van der Waals surface area contributed by atoms with Crippen molar-refractivity contribution in [3.8, 4) is 17.6 Å². The number of alkyl halides is 3. The highest BCUT2D eigenvalue weighted by Crippen LogP contribution is 2.30. The van der Waals surface area contributed by atoms with Gasteiger partial charge in [0.05, 0.1) is 5.56 Å². The van der Waals surface area contributed by atoms with Gasteiger partial charge in [-0.3, -0.25) is 14.7 Å². The standard InChI is InChI=1S/C25H24F3N7O2/c1-34-8-10-35(11-9-34)16-18-3-5-21(13-22(18)37-25(26,27)28)31-24(36)19-12-17(14-30-15-19)2-4-20-6-7-23(29)33-32-20/h3,5-7,12-15H,8-11,16H2,1H3,(H2,29,33)(H,31,36). The Kier molecular flexibility index (Phi) is 7.86. The fraction of sp³-hybridized carbons (Fsp3) is 0.280. The van der Waals surface area contributed by atoms with Crippen LogP contribution in [0.1, 0.15) is 27.2 Å². The molecule has 0 saturated carbocycles. The largest absolute Gasteiger partial charge is 0.573 e. The van der Waals surface area contributed by atoms with Crippen molar-refractivity contribution in [1.29, 1.82) is 0 Å². The molecule has 9 nitrogen and oxygen atoms in total. The Morgan fingerprint density at radius 1 is 1.08 bits per heavy atom. The maximum absolute atomic E-state index is 13.1. The Morgan fingerprint density at radius 2 is 1.86 bits per heavy atom. The van der Waals surface area contributed by atoms with Gasteiger partial charge in [-0.25, -0.2) is 0 Å². The van der Waals surface area contributed by atoms with Crippen LogP contribution in [0.2, 0.25) is 0 Å². The summed E-state index contributed by atoms with van der Waals surface area (Å²) in [6.07, 6.45) is -2.07. The first-order chi connectivity index (χ1) is 17.6. The smallest absolute Gasteiger partial charge is 0.405 e. The molecule has 3 heterocycles. The summed E-state index contributed by atoms with van der Waals surface area (Å²) in [5.41, 5.74) is 7.04. The molecular weight excluding hydrogens is 487 g/mol. The predicted molar refractivity (Wildman–Crippen MR) is 131 cm³/mol. The zero-order valence-corrected chi connectivity index (χ0v) is 19.9. The summed E-state index contributed by atoms with van der Waals surface area (Å²) in [5, 5.41) is 10.2. The zero-order chi connectivity index (χ0) is 26.4. The van der Waals surface area contributed by atoms with E-state index in [2.05, 4.69) is 46.9 Å². The van der Waals surface area contributed by atoms with Gasteiger partial charge in [0, 0.05) is 68.0 Å². The first kappa shape index (κ1) is 25.9. The van der Waals surface area contributed by atoms with Gasteiger partial charge < -0.3 is 20.7 Å². The van der Waals surface area contributed by atoms with Crippen LogP contribution in [-0.2, 0) is 6.54 Å². The fourth-order valence-electron chi connectivity index (χ4n) is 3.61. The molecule has 3 N–H and O–H groups in total. The molecule has 2 aromatic heterocycles. The third-order valence-electron chi connectivity index (χ3n) is 5.56. The summed E-state index contributed by atoms with van der Waals surface area (Å²) in [4.78, 5) is 21.0. The Hall–Kier alpha value is -4.21. The van der Waals surface area contributed by atoms with Gasteiger partial charge >= 0.3 is 6.36 Å². The minimum atomic E-state index is -4.87. The van der Waals surface area contributed by atoms with E-state index in [-0.39, 0.29) is 22.8 Å². The van der Waals surface area contributed by atoms with Gasteiger partial charge in [-0.05, 0) is 37.2 Å². The molecule has 0 spiro atoms. The first-order valence-corrected chi connectivity index (χ1v) is 11.3. The van der Waals surface area contributed by atoms with E-state index in [0.717, 1.165) is 26.2 Å².